The zero-order chi connectivity index (χ0) is 14.3. The number of carbonyl (C=O) groups is 1. The second-order valence-electron chi connectivity index (χ2n) is 4.87. The summed E-state index contributed by atoms with van der Waals surface area (Å²) >= 11 is 0. The normalized spacial score (nSPS) is 11.8. The van der Waals surface area contributed by atoms with E-state index in [1.165, 1.54) is 19.8 Å². The summed E-state index contributed by atoms with van der Waals surface area (Å²) < 4.78 is 5.29. The highest BCUT2D eigenvalue weighted by atomic mass is 16.5. The van der Waals surface area contributed by atoms with E-state index in [4.69, 9.17) is 4.74 Å². The van der Waals surface area contributed by atoms with Gasteiger partial charge in [0.15, 0.2) is 0 Å². The van der Waals surface area contributed by atoms with Gasteiger partial charge in [-0.15, -0.1) is 0 Å². The number of hydrogen-bond donors (Lipinski definition) is 2. The first-order chi connectivity index (χ1) is 9.06. The lowest BCUT2D eigenvalue weighted by Crippen LogP contribution is -2.11. The number of carbonyl (C=O) groups excluding carboxylic acids is 1. The number of methoxy groups -OCH3 is 1. The van der Waals surface area contributed by atoms with E-state index in [1.54, 1.807) is 7.11 Å². The van der Waals surface area contributed by atoms with E-state index >= 15 is 0 Å². The number of benzene rings is 1. The zero-order valence-electron chi connectivity index (χ0n) is 12.2. The molecule has 1 aromatic rings. The highest BCUT2D eigenvalue weighted by molar-refractivity contribution is 5.90. The van der Waals surface area contributed by atoms with Crippen molar-refractivity contribution in [1.29, 1.82) is 0 Å². The molecule has 4 nitrogen and oxygen atoms in total. The Kier molecular flexibility index (Phi) is 6.19. The molecular formula is C15H24N2O2. The van der Waals surface area contributed by atoms with E-state index in [9.17, 15) is 4.79 Å². The Hall–Kier alpha value is -1.71. The summed E-state index contributed by atoms with van der Waals surface area (Å²) in [5.74, 6) is 1.21. The molecule has 0 aliphatic heterocycles. The predicted molar refractivity (Wildman–Crippen MR) is 79.9 cm³/mol. The quantitative estimate of drug-likeness (QED) is 0.792. The van der Waals surface area contributed by atoms with Gasteiger partial charge in [-0.3, -0.25) is 4.79 Å². The first-order valence-electron chi connectivity index (χ1n) is 6.76. The van der Waals surface area contributed by atoms with E-state index < -0.39 is 0 Å². The fourth-order valence-corrected chi connectivity index (χ4v) is 1.98. The molecule has 1 amide bonds. The molecule has 0 spiro atoms. The molecule has 106 valence electrons. The maximum atomic E-state index is 11.1. The lowest BCUT2D eigenvalue weighted by atomic mass is 10.1. The summed E-state index contributed by atoms with van der Waals surface area (Å²) in [6.45, 7) is 6.86. The van der Waals surface area contributed by atoms with Crippen molar-refractivity contribution < 1.29 is 9.53 Å². The minimum Gasteiger partial charge on any atom is -0.494 e. The monoisotopic (exact) mass is 264 g/mol. The summed E-state index contributed by atoms with van der Waals surface area (Å²) in [6.07, 6.45) is 2.42. The lowest BCUT2D eigenvalue weighted by Gasteiger charge is -2.15. The Morgan fingerprint density at radius 2 is 2.16 bits per heavy atom. The van der Waals surface area contributed by atoms with Crippen LogP contribution in [0.3, 0.4) is 0 Å². The van der Waals surface area contributed by atoms with Gasteiger partial charge in [0, 0.05) is 25.2 Å². The van der Waals surface area contributed by atoms with Crippen LogP contribution < -0.4 is 15.4 Å². The van der Waals surface area contributed by atoms with Crippen molar-refractivity contribution in [1.82, 2.24) is 0 Å². The van der Waals surface area contributed by atoms with Crippen molar-refractivity contribution >= 4 is 17.3 Å². The third-order valence-electron chi connectivity index (χ3n) is 2.95. The van der Waals surface area contributed by atoms with E-state index in [2.05, 4.69) is 24.5 Å². The minimum absolute atomic E-state index is 0.101. The van der Waals surface area contributed by atoms with E-state index in [0.29, 0.717) is 17.4 Å². The number of ether oxygens (including phenoxy) is 1. The van der Waals surface area contributed by atoms with Crippen LogP contribution in [0.2, 0.25) is 0 Å². The lowest BCUT2D eigenvalue weighted by molar-refractivity contribution is -0.114. The van der Waals surface area contributed by atoms with Gasteiger partial charge in [0.05, 0.1) is 12.8 Å². The van der Waals surface area contributed by atoms with Crippen LogP contribution >= 0.6 is 0 Å². The topological polar surface area (TPSA) is 50.4 Å². The van der Waals surface area contributed by atoms with Crippen LogP contribution in [0.15, 0.2) is 18.2 Å². The standard InChI is InChI=1S/C15H24N2O2/c1-5-6-11(2)10-16-13-7-8-14(17-12(3)18)15(9-13)19-4/h7-9,11,16H,5-6,10H2,1-4H3,(H,17,18). The molecular weight excluding hydrogens is 240 g/mol. The summed E-state index contributed by atoms with van der Waals surface area (Å²) in [7, 11) is 1.60. The maximum Gasteiger partial charge on any atom is 0.221 e. The SMILES string of the molecule is CCCC(C)CNc1ccc(NC(C)=O)c(OC)c1. The number of amides is 1. The van der Waals surface area contributed by atoms with Crippen LogP contribution in [0.25, 0.3) is 0 Å². The molecule has 1 rings (SSSR count). The first kappa shape index (κ1) is 15.3. The average Bonchev–Trinajstić information content (AvgIpc) is 2.37. The van der Waals surface area contributed by atoms with Gasteiger partial charge >= 0.3 is 0 Å². The van der Waals surface area contributed by atoms with Gasteiger partial charge in [0.25, 0.3) is 0 Å². The molecule has 1 aromatic carbocycles. The van der Waals surface area contributed by atoms with Crippen molar-refractivity contribution in [3.63, 3.8) is 0 Å². The van der Waals surface area contributed by atoms with Gasteiger partial charge in [0.2, 0.25) is 5.91 Å². The molecule has 1 unspecified atom stereocenters. The van der Waals surface area contributed by atoms with E-state index in [1.807, 2.05) is 18.2 Å². The molecule has 0 heterocycles. The Labute approximate surface area is 115 Å². The highest BCUT2D eigenvalue weighted by Crippen LogP contribution is 2.28. The van der Waals surface area contributed by atoms with Crippen molar-refractivity contribution in [3.05, 3.63) is 18.2 Å². The minimum atomic E-state index is -0.101. The Morgan fingerprint density at radius 1 is 1.42 bits per heavy atom. The summed E-state index contributed by atoms with van der Waals surface area (Å²) in [4.78, 5) is 11.1. The van der Waals surface area contributed by atoms with Crippen molar-refractivity contribution in [2.45, 2.75) is 33.6 Å². The molecule has 4 heteroatoms. The van der Waals surface area contributed by atoms with Crippen LogP contribution in [0.4, 0.5) is 11.4 Å². The molecule has 0 saturated heterocycles. The fourth-order valence-electron chi connectivity index (χ4n) is 1.98. The number of nitrogens with one attached hydrogen (secondary N) is 2. The molecule has 0 fully saturated rings. The molecule has 0 saturated carbocycles. The van der Waals surface area contributed by atoms with Crippen LogP contribution in [0, 0.1) is 5.92 Å². The molecule has 0 aliphatic carbocycles. The van der Waals surface area contributed by atoms with Gasteiger partial charge in [-0.05, 0) is 24.5 Å². The molecule has 2 N–H and O–H groups in total. The van der Waals surface area contributed by atoms with Gasteiger partial charge in [-0.1, -0.05) is 20.3 Å². The van der Waals surface area contributed by atoms with Crippen LogP contribution in [-0.2, 0) is 4.79 Å². The molecule has 0 aromatic heterocycles. The maximum absolute atomic E-state index is 11.1. The Balaban J connectivity index is 2.68. The molecule has 0 radical (unpaired) electrons. The molecule has 0 aliphatic rings. The Bertz CT molecular complexity index is 419. The van der Waals surface area contributed by atoms with Gasteiger partial charge in [0.1, 0.15) is 5.75 Å². The summed E-state index contributed by atoms with van der Waals surface area (Å²) in [5.41, 5.74) is 1.70. The fraction of sp³-hybridized carbons (Fsp3) is 0.533. The van der Waals surface area contributed by atoms with Crippen LogP contribution in [-0.4, -0.2) is 19.6 Å². The molecule has 1 atom stereocenters. The third kappa shape index (κ3) is 5.20. The largest absolute Gasteiger partial charge is 0.494 e. The van der Waals surface area contributed by atoms with Crippen LogP contribution in [0.5, 0.6) is 5.75 Å². The molecule has 0 bridgehead atoms. The van der Waals surface area contributed by atoms with Crippen molar-refractivity contribution in [2.24, 2.45) is 5.92 Å². The van der Waals surface area contributed by atoms with Crippen molar-refractivity contribution in [3.8, 4) is 5.75 Å². The average molecular weight is 264 g/mol. The number of anilines is 2. The second-order valence-corrected chi connectivity index (χ2v) is 4.87. The second kappa shape index (κ2) is 7.67. The summed E-state index contributed by atoms with van der Waals surface area (Å²) in [5, 5.41) is 6.14. The van der Waals surface area contributed by atoms with Gasteiger partial charge in [-0.25, -0.2) is 0 Å². The first-order valence-corrected chi connectivity index (χ1v) is 6.76. The van der Waals surface area contributed by atoms with Crippen molar-refractivity contribution in [2.75, 3.05) is 24.3 Å². The van der Waals surface area contributed by atoms with E-state index in [0.717, 1.165) is 12.2 Å². The summed E-state index contributed by atoms with van der Waals surface area (Å²) in [6, 6.07) is 5.71. The number of hydrogen-bond acceptors (Lipinski definition) is 3. The third-order valence-corrected chi connectivity index (χ3v) is 2.95. The number of rotatable bonds is 7. The smallest absolute Gasteiger partial charge is 0.221 e. The van der Waals surface area contributed by atoms with E-state index in [-0.39, 0.29) is 5.91 Å². The van der Waals surface area contributed by atoms with Crippen LogP contribution in [0.1, 0.15) is 33.6 Å². The molecule has 19 heavy (non-hydrogen) atoms. The van der Waals surface area contributed by atoms with Gasteiger partial charge in [-0.2, -0.15) is 0 Å². The Morgan fingerprint density at radius 3 is 2.74 bits per heavy atom. The highest BCUT2D eigenvalue weighted by Gasteiger charge is 2.06. The van der Waals surface area contributed by atoms with Gasteiger partial charge < -0.3 is 15.4 Å². The zero-order valence-corrected chi connectivity index (χ0v) is 12.2. The predicted octanol–water partition coefficient (Wildman–Crippen LogP) is 3.50.